The van der Waals surface area contributed by atoms with Gasteiger partial charge < -0.3 is 9.80 Å². The van der Waals surface area contributed by atoms with Gasteiger partial charge in [0.15, 0.2) is 0 Å². The van der Waals surface area contributed by atoms with Crippen molar-refractivity contribution in [2.45, 2.75) is 13.1 Å². The molecule has 4 aromatic carbocycles. The summed E-state index contributed by atoms with van der Waals surface area (Å²) >= 11 is 25.0. The van der Waals surface area contributed by atoms with Crippen molar-refractivity contribution in [3.63, 3.8) is 0 Å². The number of carbonyl (C=O) groups is 2. The lowest BCUT2D eigenvalue weighted by Crippen LogP contribution is -2.40. The molecule has 0 atom stereocenters. The van der Waals surface area contributed by atoms with Gasteiger partial charge in [0.1, 0.15) is 0 Å². The van der Waals surface area contributed by atoms with Crippen molar-refractivity contribution in [1.29, 1.82) is 0 Å². The molecule has 0 aliphatic carbocycles. The Morgan fingerprint density at radius 2 is 0.917 bits per heavy atom. The third kappa shape index (κ3) is 4.70. The van der Waals surface area contributed by atoms with Crippen molar-refractivity contribution < 1.29 is 9.59 Å². The number of carbonyl (C=O) groups excluding carboxylic acids is 2. The average Bonchev–Trinajstić information content (AvgIpc) is 2.87. The lowest BCUT2D eigenvalue weighted by molar-refractivity contribution is 0.0972. The van der Waals surface area contributed by atoms with Gasteiger partial charge in [0, 0.05) is 20.1 Å². The van der Waals surface area contributed by atoms with Gasteiger partial charge in [-0.3, -0.25) is 9.59 Å². The van der Waals surface area contributed by atoms with E-state index in [1.165, 1.54) is 0 Å². The number of anilines is 2. The zero-order chi connectivity index (χ0) is 25.4. The molecule has 0 saturated carbocycles. The fraction of sp³-hybridized carbons (Fsp3) is 0.0714. The summed E-state index contributed by atoms with van der Waals surface area (Å²) in [5.41, 5.74) is 3.16. The van der Waals surface area contributed by atoms with E-state index in [9.17, 15) is 9.59 Å². The van der Waals surface area contributed by atoms with Gasteiger partial charge in [-0.2, -0.15) is 0 Å². The minimum atomic E-state index is -0.260. The lowest BCUT2D eigenvalue weighted by Gasteiger charge is -2.33. The summed E-state index contributed by atoms with van der Waals surface area (Å²) in [6.45, 7) is 0.326. The quantitative estimate of drug-likeness (QED) is 0.254. The Kier molecular flexibility index (Phi) is 6.96. The first kappa shape index (κ1) is 24.7. The van der Waals surface area contributed by atoms with Crippen LogP contribution < -0.4 is 9.80 Å². The first-order valence-electron chi connectivity index (χ1n) is 11.0. The molecule has 0 spiro atoms. The van der Waals surface area contributed by atoms with Crippen LogP contribution in [-0.2, 0) is 13.1 Å². The highest BCUT2D eigenvalue weighted by atomic mass is 35.5. The number of halogens is 4. The van der Waals surface area contributed by atoms with E-state index in [0.29, 0.717) is 53.7 Å². The van der Waals surface area contributed by atoms with Gasteiger partial charge in [0.2, 0.25) is 0 Å². The summed E-state index contributed by atoms with van der Waals surface area (Å²) in [6, 6.07) is 24.4. The third-order valence-electron chi connectivity index (χ3n) is 6.03. The molecular formula is C28H18Cl4N2O2. The predicted molar refractivity (Wildman–Crippen MR) is 147 cm³/mol. The second-order valence-corrected chi connectivity index (χ2v) is 9.98. The van der Waals surface area contributed by atoms with Gasteiger partial charge in [0.05, 0.1) is 35.6 Å². The van der Waals surface area contributed by atoms with E-state index in [1.54, 1.807) is 94.7 Å². The Labute approximate surface area is 228 Å². The molecule has 1 aliphatic rings. The zero-order valence-electron chi connectivity index (χ0n) is 18.7. The molecule has 0 bridgehead atoms. The van der Waals surface area contributed by atoms with E-state index >= 15 is 0 Å². The van der Waals surface area contributed by atoms with Crippen LogP contribution in [0, 0.1) is 0 Å². The zero-order valence-corrected chi connectivity index (χ0v) is 21.7. The fourth-order valence-electron chi connectivity index (χ4n) is 4.24. The Balaban J connectivity index is 1.65. The van der Waals surface area contributed by atoms with Crippen LogP contribution in [0.4, 0.5) is 11.4 Å². The molecule has 8 heteroatoms. The minimum Gasteiger partial charge on any atom is -0.303 e. The first-order chi connectivity index (χ1) is 17.3. The summed E-state index contributed by atoms with van der Waals surface area (Å²) < 4.78 is 0. The highest BCUT2D eigenvalue weighted by Gasteiger charge is 2.33. The van der Waals surface area contributed by atoms with Crippen LogP contribution in [0.5, 0.6) is 0 Å². The van der Waals surface area contributed by atoms with Crippen LogP contribution in [0.15, 0.2) is 84.9 Å². The maximum absolute atomic E-state index is 14.0. The normalized spacial score (nSPS) is 13.2. The number of nitrogens with zero attached hydrogens (tertiary/aromatic N) is 2. The maximum Gasteiger partial charge on any atom is 0.260 e. The third-order valence-corrected chi connectivity index (χ3v) is 7.20. The number of benzene rings is 4. The van der Waals surface area contributed by atoms with Gasteiger partial charge >= 0.3 is 0 Å². The van der Waals surface area contributed by atoms with Gasteiger partial charge in [-0.15, -0.1) is 0 Å². The Morgan fingerprint density at radius 1 is 0.528 bits per heavy atom. The Morgan fingerprint density at radius 3 is 1.31 bits per heavy atom. The number of hydrogen-bond donors (Lipinski definition) is 0. The highest BCUT2D eigenvalue weighted by molar-refractivity contribution is 6.35. The largest absolute Gasteiger partial charge is 0.303 e. The van der Waals surface area contributed by atoms with Crippen molar-refractivity contribution >= 4 is 69.6 Å². The first-order valence-corrected chi connectivity index (χ1v) is 12.5. The van der Waals surface area contributed by atoms with Crippen LogP contribution >= 0.6 is 46.4 Å². The molecule has 180 valence electrons. The van der Waals surface area contributed by atoms with E-state index in [2.05, 4.69) is 0 Å². The van der Waals surface area contributed by atoms with Crippen LogP contribution in [0.1, 0.15) is 31.8 Å². The molecule has 36 heavy (non-hydrogen) atoms. The van der Waals surface area contributed by atoms with Crippen molar-refractivity contribution in [3.8, 4) is 0 Å². The standard InChI is InChI=1S/C28H18Cl4N2O2/c29-19-11-9-17(23(31)13-19)15-33-25-7-3-1-5-21(25)27(35)34(16-18-10-12-20(30)14-24(18)32)26-8-4-2-6-22(26)28(33)36/h1-14H,15-16H2. The van der Waals surface area contributed by atoms with Crippen LogP contribution in [-0.4, -0.2) is 11.8 Å². The van der Waals surface area contributed by atoms with Gasteiger partial charge in [-0.25, -0.2) is 0 Å². The van der Waals surface area contributed by atoms with Crippen molar-refractivity contribution in [2.24, 2.45) is 0 Å². The average molecular weight is 556 g/mol. The number of amides is 2. The van der Waals surface area contributed by atoms with Gasteiger partial charge in [0.25, 0.3) is 11.8 Å². The number of hydrogen-bond acceptors (Lipinski definition) is 2. The Hall–Kier alpha value is -3.02. The second kappa shape index (κ2) is 10.2. The van der Waals surface area contributed by atoms with Crippen molar-refractivity contribution in [3.05, 3.63) is 127 Å². The summed E-state index contributed by atoms with van der Waals surface area (Å²) in [7, 11) is 0. The van der Waals surface area contributed by atoms with E-state index in [4.69, 9.17) is 46.4 Å². The number of fused-ring (bicyclic) bond motifs is 2. The molecule has 0 radical (unpaired) electrons. The SMILES string of the molecule is O=C1c2ccccc2N(Cc2ccc(Cl)cc2Cl)C(=O)c2ccccc2N1Cc1ccc(Cl)cc1Cl. The lowest BCUT2D eigenvalue weighted by atomic mass is 10.0. The van der Waals surface area contributed by atoms with Gasteiger partial charge in [-0.1, -0.05) is 82.8 Å². The van der Waals surface area contributed by atoms with Crippen LogP contribution in [0.2, 0.25) is 20.1 Å². The molecule has 1 aliphatic heterocycles. The van der Waals surface area contributed by atoms with Crippen molar-refractivity contribution in [1.82, 2.24) is 0 Å². The molecule has 0 aromatic heterocycles. The van der Waals surface area contributed by atoms with Crippen molar-refractivity contribution in [2.75, 3.05) is 9.80 Å². The summed E-state index contributed by atoms with van der Waals surface area (Å²) in [5, 5.41) is 1.88. The monoisotopic (exact) mass is 554 g/mol. The predicted octanol–water partition coefficient (Wildman–Crippen LogP) is 8.31. The van der Waals surface area contributed by atoms with E-state index < -0.39 is 0 Å². The number of rotatable bonds is 4. The molecule has 0 N–H and O–H groups in total. The van der Waals surface area contributed by atoms with E-state index in [-0.39, 0.29) is 24.9 Å². The number of para-hydroxylation sites is 2. The maximum atomic E-state index is 14.0. The van der Waals surface area contributed by atoms with E-state index in [0.717, 1.165) is 0 Å². The molecule has 0 unspecified atom stereocenters. The molecule has 2 amide bonds. The molecule has 4 nitrogen and oxygen atoms in total. The summed E-state index contributed by atoms with van der Waals surface area (Å²) in [6.07, 6.45) is 0. The highest BCUT2D eigenvalue weighted by Crippen LogP contribution is 2.36. The fourth-order valence-corrected chi connectivity index (χ4v) is 5.18. The molecule has 0 saturated heterocycles. The minimum absolute atomic E-state index is 0.163. The second-order valence-electron chi connectivity index (χ2n) is 8.29. The molecule has 0 fully saturated rings. The topological polar surface area (TPSA) is 40.6 Å². The van der Waals surface area contributed by atoms with Crippen LogP contribution in [0.25, 0.3) is 0 Å². The summed E-state index contributed by atoms with van der Waals surface area (Å²) in [4.78, 5) is 31.2. The Bertz CT molecular complexity index is 1390. The molecule has 4 aromatic rings. The molecule has 5 rings (SSSR count). The molecular weight excluding hydrogens is 538 g/mol. The molecule has 1 heterocycles. The smallest absolute Gasteiger partial charge is 0.260 e. The summed E-state index contributed by atoms with van der Waals surface area (Å²) in [5.74, 6) is -0.521. The van der Waals surface area contributed by atoms with Gasteiger partial charge in [-0.05, 0) is 59.7 Å². The van der Waals surface area contributed by atoms with Crippen LogP contribution in [0.3, 0.4) is 0 Å². The van der Waals surface area contributed by atoms with E-state index in [1.807, 2.05) is 0 Å².